The van der Waals surface area contributed by atoms with Crippen molar-refractivity contribution >= 4 is 49.3 Å². The first-order valence-electron chi connectivity index (χ1n) is 16.3. The molecule has 230 valence electrons. The molecular weight excluding hydrogens is 611 g/mol. The van der Waals surface area contributed by atoms with Crippen LogP contribution in [0, 0.1) is 29.2 Å². The fraction of sp³-hybridized carbons (Fsp3) is 0. The van der Waals surface area contributed by atoms with E-state index in [-0.39, 0.29) is 0 Å². The van der Waals surface area contributed by atoms with E-state index in [1.54, 1.807) is 0 Å². The summed E-state index contributed by atoms with van der Waals surface area (Å²) in [6.45, 7) is 8.18. The van der Waals surface area contributed by atoms with Gasteiger partial charge >= 0.3 is 0 Å². The lowest BCUT2D eigenvalue weighted by Gasteiger charge is -2.17. The molecule has 9 aromatic rings. The average Bonchev–Trinajstić information content (AvgIpc) is 3.69. The van der Waals surface area contributed by atoms with Gasteiger partial charge in [0.25, 0.3) is 0 Å². The molecule has 5 heteroatoms. The molecule has 5 nitrogen and oxygen atoms in total. The molecule has 0 bridgehead atoms. The Morgan fingerprint density at radius 1 is 0.460 bits per heavy atom. The molecule has 0 atom stereocenters. The first-order valence-corrected chi connectivity index (χ1v) is 16.3. The number of hydrogen-bond donors (Lipinski definition) is 0. The van der Waals surface area contributed by atoms with Crippen molar-refractivity contribution in [2.75, 3.05) is 0 Å². The maximum atomic E-state index is 9.70. The quantitative estimate of drug-likeness (QED) is 0.181. The van der Waals surface area contributed by atoms with E-state index in [0.29, 0.717) is 16.8 Å². The number of hydrogen-bond acceptors (Lipinski definition) is 2. The van der Waals surface area contributed by atoms with Gasteiger partial charge in [-0.25, -0.2) is 4.85 Å². The summed E-state index contributed by atoms with van der Waals surface area (Å²) in [4.78, 5) is 4.00. The molecule has 0 radical (unpaired) electrons. The number of para-hydroxylation sites is 3. The van der Waals surface area contributed by atoms with Crippen molar-refractivity contribution in [1.29, 1.82) is 10.5 Å². The number of benzene rings is 7. The van der Waals surface area contributed by atoms with Crippen molar-refractivity contribution in [3.63, 3.8) is 0 Å². The molecule has 2 heterocycles. The Morgan fingerprint density at radius 2 is 1.06 bits per heavy atom. The Labute approximate surface area is 288 Å². The second-order valence-electron chi connectivity index (χ2n) is 12.3. The van der Waals surface area contributed by atoms with Crippen LogP contribution in [0.15, 0.2) is 152 Å². The molecule has 0 unspecified atom stereocenters. The minimum absolute atomic E-state index is 0.546. The van der Waals surface area contributed by atoms with Crippen LogP contribution in [0.2, 0.25) is 0 Å². The molecule has 2 aromatic heterocycles. The van der Waals surface area contributed by atoms with E-state index in [1.807, 2.05) is 72.8 Å². The van der Waals surface area contributed by atoms with E-state index in [4.69, 9.17) is 6.57 Å². The first-order chi connectivity index (χ1) is 24.7. The Hall–Kier alpha value is -7.39. The molecule has 0 aliphatic heterocycles. The monoisotopic (exact) mass is 635 g/mol. The van der Waals surface area contributed by atoms with E-state index < -0.39 is 0 Å². The van der Waals surface area contributed by atoms with Crippen LogP contribution in [-0.2, 0) is 0 Å². The fourth-order valence-corrected chi connectivity index (χ4v) is 7.38. The molecular formula is C45H25N5. The molecule has 0 aliphatic carbocycles. The molecule has 0 fully saturated rings. The summed E-state index contributed by atoms with van der Waals surface area (Å²) in [5.74, 6) is 0. The Morgan fingerprint density at radius 3 is 1.84 bits per heavy atom. The van der Waals surface area contributed by atoms with Crippen LogP contribution in [0.25, 0.3) is 82.1 Å². The molecule has 7 aromatic carbocycles. The molecule has 0 aliphatic rings. The molecule has 0 saturated carbocycles. The van der Waals surface area contributed by atoms with E-state index in [2.05, 4.69) is 105 Å². The zero-order chi connectivity index (χ0) is 33.8. The normalized spacial score (nSPS) is 11.1. The Kier molecular flexibility index (Phi) is 6.56. The third-order valence-electron chi connectivity index (χ3n) is 9.57. The number of fused-ring (bicyclic) bond motifs is 6. The van der Waals surface area contributed by atoms with Gasteiger partial charge in [-0.05, 0) is 82.9 Å². The van der Waals surface area contributed by atoms with Crippen molar-refractivity contribution in [2.45, 2.75) is 0 Å². The lowest BCUT2D eigenvalue weighted by Crippen LogP contribution is -1.98. The van der Waals surface area contributed by atoms with Crippen LogP contribution in [0.1, 0.15) is 11.1 Å². The molecule has 0 spiro atoms. The Bertz CT molecular complexity index is 2970. The van der Waals surface area contributed by atoms with Crippen LogP contribution in [0.4, 0.5) is 5.69 Å². The van der Waals surface area contributed by atoms with E-state index >= 15 is 0 Å². The predicted molar refractivity (Wildman–Crippen MR) is 202 cm³/mol. The molecule has 0 N–H and O–H groups in total. The van der Waals surface area contributed by atoms with Gasteiger partial charge in [0.1, 0.15) is 0 Å². The van der Waals surface area contributed by atoms with Crippen molar-refractivity contribution in [3.05, 3.63) is 174 Å². The largest absolute Gasteiger partial charge is 0.318 e. The van der Waals surface area contributed by atoms with Crippen molar-refractivity contribution in [3.8, 4) is 45.8 Å². The topological polar surface area (TPSA) is 61.8 Å². The van der Waals surface area contributed by atoms with Crippen LogP contribution in [0.5, 0.6) is 0 Å². The zero-order valence-corrected chi connectivity index (χ0v) is 26.7. The lowest BCUT2D eigenvalue weighted by atomic mass is 9.97. The second-order valence-corrected chi connectivity index (χ2v) is 12.3. The minimum Gasteiger partial charge on any atom is -0.318 e. The number of aromatic nitrogens is 2. The third kappa shape index (κ3) is 4.38. The van der Waals surface area contributed by atoms with Crippen molar-refractivity contribution in [1.82, 2.24) is 9.13 Å². The van der Waals surface area contributed by atoms with Crippen molar-refractivity contribution < 1.29 is 0 Å². The Balaban J connectivity index is 1.23. The van der Waals surface area contributed by atoms with Crippen LogP contribution < -0.4 is 0 Å². The summed E-state index contributed by atoms with van der Waals surface area (Å²) in [5, 5.41) is 23.6. The molecule has 9 rings (SSSR count). The maximum Gasteiger partial charge on any atom is 0.211 e. The summed E-state index contributed by atoms with van der Waals surface area (Å²) in [5.41, 5.74) is 11.6. The zero-order valence-electron chi connectivity index (χ0n) is 26.7. The highest BCUT2D eigenvalue weighted by molar-refractivity contribution is 6.11. The summed E-state index contributed by atoms with van der Waals surface area (Å²) in [7, 11) is 0. The summed E-state index contributed by atoms with van der Waals surface area (Å²) < 4.78 is 4.40. The highest BCUT2D eigenvalue weighted by Crippen LogP contribution is 2.42. The third-order valence-corrected chi connectivity index (χ3v) is 9.57. The summed E-state index contributed by atoms with van der Waals surface area (Å²) in [6.07, 6.45) is 0. The fourth-order valence-electron chi connectivity index (χ4n) is 7.38. The highest BCUT2D eigenvalue weighted by atomic mass is 15.0. The van der Waals surface area contributed by atoms with Crippen LogP contribution in [-0.4, -0.2) is 9.13 Å². The molecule has 0 saturated heterocycles. The first kappa shape index (κ1) is 28.8. The van der Waals surface area contributed by atoms with Crippen LogP contribution >= 0.6 is 0 Å². The van der Waals surface area contributed by atoms with Gasteiger partial charge in [-0.1, -0.05) is 91.0 Å². The van der Waals surface area contributed by atoms with Gasteiger partial charge in [0, 0.05) is 27.2 Å². The smallest absolute Gasteiger partial charge is 0.211 e. The van der Waals surface area contributed by atoms with Crippen molar-refractivity contribution in [2.24, 2.45) is 0 Å². The minimum atomic E-state index is 0.546. The van der Waals surface area contributed by atoms with Gasteiger partial charge in [-0.2, -0.15) is 10.5 Å². The molecule has 0 amide bonds. The van der Waals surface area contributed by atoms with Gasteiger partial charge < -0.3 is 9.13 Å². The number of nitrogens with zero attached hydrogens (tertiary/aromatic N) is 5. The van der Waals surface area contributed by atoms with E-state index in [0.717, 1.165) is 77.2 Å². The van der Waals surface area contributed by atoms with Gasteiger partial charge in [-0.3, -0.25) is 0 Å². The second kappa shape index (κ2) is 11.4. The number of nitriles is 2. The average molecular weight is 636 g/mol. The van der Waals surface area contributed by atoms with Gasteiger partial charge in [0.05, 0.1) is 57.6 Å². The van der Waals surface area contributed by atoms with Gasteiger partial charge in [0.15, 0.2) is 0 Å². The SMILES string of the molecule is [C-]#[N+]c1cccc(-c2cccc(-c3cccc(-n4c5ccccc5c5ccc(C#N)cc54)c3)c2)c1-n1c2ccccc2c2cc(C#N)ccc21. The lowest BCUT2D eigenvalue weighted by molar-refractivity contribution is 1.18. The van der Waals surface area contributed by atoms with E-state index in [1.165, 1.54) is 0 Å². The summed E-state index contributed by atoms with van der Waals surface area (Å²) in [6, 6.07) is 55.6. The van der Waals surface area contributed by atoms with E-state index in [9.17, 15) is 10.5 Å². The van der Waals surface area contributed by atoms with Crippen LogP contribution in [0.3, 0.4) is 0 Å². The predicted octanol–water partition coefficient (Wildman–Crippen LogP) is 11.5. The van der Waals surface area contributed by atoms with Gasteiger partial charge in [-0.15, -0.1) is 0 Å². The summed E-state index contributed by atoms with van der Waals surface area (Å²) >= 11 is 0. The molecule has 50 heavy (non-hydrogen) atoms. The number of rotatable bonds is 4. The van der Waals surface area contributed by atoms with Gasteiger partial charge in [0.2, 0.25) is 5.69 Å². The standard InChI is InChI=1S/C45H25N5/c1-48-40-16-8-15-35(45(40)50-42-18-5-3-14-37(42)39-23-29(27-46)20-22-43(39)50)33-11-6-9-31(25-33)32-10-7-12-34(26-32)49-41-17-4-2-13-36(41)38-21-19-30(28-47)24-44(38)49/h2-26H. The highest BCUT2D eigenvalue weighted by Gasteiger charge is 2.20. The maximum absolute atomic E-state index is 9.70.